The van der Waals surface area contributed by atoms with Crippen molar-refractivity contribution >= 4 is 15.9 Å². The minimum Gasteiger partial charge on any atom is -0.496 e. The number of methoxy groups -OCH3 is 1. The highest BCUT2D eigenvalue weighted by atomic mass is 79.9. The maximum Gasteiger partial charge on any atom is 0.133 e. The molecule has 0 radical (unpaired) electrons. The van der Waals surface area contributed by atoms with Crippen molar-refractivity contribution in [2.24, 2.45) is 5.73 Å². The van der Waals surface area contributed by atoms with Gasteiger partial charge in [0.2, 0.25) is 0 Å². The normalized spacial score (nSPS) is 12.2. The number of nitrogens with zero attached hydrogens (tertiary/aromatic N) is 1. The molecule has 1 heterocycles. The average molecular weight is 293 g/mol. The highest BCUT2D eigenvalue weighted by molar-refractivity contribution is 9.10. The second kappa shape index (κ2) is 5.29. The van der Waals surface area contributed by atoms with Crippen molar-refractivity contribution in [1.29, 1.82) is 0 Å². The van der Waals surface area contributed by atoms with Crippen molar-refractivity contribution in [3.8, 4) is 5.75 Å². The van der Waals surface area contributed by atoms with Gasteiger partial charge in [-0.2, -0.15) is 0 Å². The quantitative estimate of drug-likeness (QED) is 0.946. The number of hydrogen-bond donors (Lipinski definition) is 1. The van der Waals surface area contributed by atoms with Crippen LogP contribution in [0, 0.1) is 0 Å². The molecule has 0 spiro atoms. The first-order valence-electron chi connectivity index (χ1n) is 5.21. The van der Waals surface area contributed by atoms with Crippen LogP contribution in [0.25, 0.3) is 0 Å². The summed E-state index contributed by atoms with van der Waals surface area (Å²) >= 11 is 3.46. The molecule has 2 aromatic rings. The Morgan fingerprint density at radius 3 is 2.47 bits per heavy atom. The molecule has 0 aliphatic heterocycles. The molecule has 1 unspecified atom stereocenters. The summed E-state index contributed by atoms with van der Waals surface area (Å²) in [6, 6.07) is 9.53. The van der Waals surface area contributed by atoms with E-state index in [4.69, 9.17) is 10.5 Å². The topological polar surface area (TPSA) is 48.1 Å². The molecule has 0 amide bonds. The minimum atomic E-state index is -0.153. The summed E-state index contributed by atoms with van der Waals surface area (Å²) in [4.78, 5) is 3.98. The lowest BCUT2D eigenvalue weighted by Crippen LogP contribution is -2.11. The summed E-state index contributed by atoms with van der Waals surface area (Å²) in [5, 5.41) is 0. The van der Waals surface area contributed by atoms with Crippen LogP contribution in [0.4, 0.5) is 0 Å². The van der Waals surface area contributed by atoms with E-state index in [0.717, 1.165) is 21.3 Å². The molecule has 0 aliphatic rings. The van der Waals surface area contributed by atoms with Crippen LogP contribution in [0.5, 0.6) is 5.75 Å². The van der Waals surface area contributed by atoms with Crippen molar-refractivity contribution in [3.63, 3.8) is 0 Å². The number of ether oxygens (including phenoxy) is 1. The Morgan fingerprint density at radius 1 is 1.18 bits per heavy atom. The van der Waals surface area contributed by atoms with E-state index in [2.05, 4.69) is 20.9 Å². The van der Waals surface area contributed by atoms with E-state index in [1.807, 2.05) is 30.3 Å². The summed E-state index contributed by atoms with van der Waals surface area (Å²) < 4.78 is 6.09. The molecular formula is C13H13BrN2O. The van der Waals surface area contributed by atoms with Gasteiger partial charge < -0.3 is 10.5 Å². The Balaban J connectivity index is 2.32. The summed E-state index contributed by atoms with van der Waals surface area (Å²) in [7, 11) is 1.64. The molecule has 0 aliphatic carbocycles. The second-order valence-corrected chi connectivity index (χ2v) is 4.51. The van der Waals surface area contributed by atoms with Gasteiger partial charge in [0.25, 0.3) is 0 Å². The van der Waals surface area contributed by atoms with Crippen molar-refractivity contribution in [2.75, 3.05) is 7.11 Å². The SMILES string of the molecule is COc1ccc(C(N)c2ccncc2)cc1Br. The molecule has 1 aromatic carbocycles. The number of halogens is 1. The van der Waals surface area contributed by atoms with Gasteiger partial charge in [-0.15, -0.1) is 0 Å². The number of benzene rings is 1. The zero-order valence-electron chi connectivity index (χ0n) is 9.43. The second-order valence-electron chi connectivity index (χ2n) is 3.65. The monoisotopic (exact) mass is 292 g/mol. The van der Waals surface area contributed by atoms with Gasteiger partial charge in [0, 0.05) is 12.4 Å². The van der Waals surface area contributed by atoms with Gasteiger partial charge in [-0.1, -0.05) is 6.07 Å². The van der Waals surface area contributed by atoms with Crippen molar-refractivity contribution in [1.82, 2.24) is 4.98 Å². The van der Waals surface area contributed by atoms with E-state index < -0.39 is 0 Å². The third kappa shape index (κ3) is 2.65. The number of aromatic nitrogens is 1. The van der Waals surface area contributed by atoms with Crippen LogP contribution in [-0.4, -0.2) is 12.1 Å². The van der Waals surface area contributed by atoms with Gasteiger partial charge in [0.15, 0.2) is 0 Å². The molecule has 0 saturated heterocycles. The molecular weight excluding hydrogens is 280 g/mol. The van der Waals surface area contributed by atoms with Crippen LogP contribution in [0.3, 0.4) is 0 Å². The first-order valence-corrected chi connectivity index (χ1v) is 6.00. The predicted molar refractivity (Wildman–Crippen MR) is 71.0 cm³/mol. The van der Waals surface area contributed by atoms with E-state index in [-0.39, 0.29) is 6.04 Å². The lowest BCUT2D eigenvalue weighted by molar-refractivity contribution is 0.412. The van der Waals surface area contributed by atoms with Crippen LogP contribution in [0.15, 0.2) is 47.2 Å². The molecule has 0 bridgehead atoms. The fraction of sp³-hybridized carbons (Fsp3) is 0.154. The highest BCUT2D eigenvalue weighted by Gasteiger charge is 2.10. The van der Waals surface area contributed by atoms with E-state index >= 15 is 0 Å². The standard InChI is InChI=1S/C13H13BrN2O/c1-17-12-3-2-10(8-11(12)14)13(15)9-4-6-16-7-5-9/h2-8,13H,15H2,1H3. The predicted octanol–water partition coefficient (Wildman–Crippen LogP) is 2.90. The largest absolute Gasteiger partial charge is 0.496 e. The van der Waals surface area contributed by atoms with E-state index in [1.54, 1.807) is 19.5 Å². The van der Waals surface area contributed by atoms with Gasteiger partial charge in [-0.3, -0.25) is 4.98 Å². The van der Waals surface area contributed by atoms with Gasteiger partial charge in [-0.25, -0.2) is 0 Å². The van der Waals surface area contributed by atoms with E-state index in [9.17, 15) is 0 Å². The van der Waals surface area contributed by atoms with E-state index in [0.29, 0.717) is 0 Å². The van der Waals surface area contributed by atoms with Crippen LogP contribution >= 0.6 is 15.9 Å². The zero-order valence-corrected chi connectivity index (χ0v) is 11.0. The Hall–Kier alpha value is -1.39. The fourth-order valence-electron chi connectivity index (χ4n) is 1.64. The third-order valence-corrected chi connectivity index (χ3v) is 3.22. The lowest BCUT2D eigenvalue weighted by Gasteiger charge is -2.13. The number of pyridine rings is 1. The summed E-state index contributed by atoms with van der Waals surface area (Å²) in [5.41, 5.74) is 8.26. The summed E-state index contributed by atoms with van der Waals surface area (Å²) in [6.45, 7) is 0. The Kier molecular flexibility index (Phi) is 3.76. The molecule has 17 heavy (non-hydrogen) atoms. The van der Waals surface area contributed by atoms with Gasteiger partial charge in [0.05, 0.1) is 17.6 Å². The lowest BCUT2D eigenvalue weighted by atomic mass is 10.0. The first kappa shape index (κ1) is 12.1. The van der Waals surface area contributed by atoms with Crippen LogP contribution in [0.2, 0.25) is 0 Å². The van der Waals surface area contributed by atoms with E-state index in [1.165, 1.54) is 0 Å². The molecule has 0 fully saturated rings. The molecule has 2 N–H and O–H groups in total. The average Bonchev–Trinajstić information content (AvgIpc) is 2.39. The van der Waals surface area contributed by atoms with Crippen molar-refractivity contribution in [2.45, 2.75) is 6.04 Å². The van der Waals surface area contributed by atoms with Crippen LogP contribution in [-0.2, 0) is 0 Å². The van der Waals surface area contributed by atoms with Crippen LogP contribution < -0.4 is 10.5 Å². The van der Waals surface area contributed by atoms with Gasteiger partial charge in [0.1, 0.15) is 5.75 Å². The fourth-order valence-corrected chi connectivity index (χ4v) is 2.20. The minimum absolute atomic E-state index is 0.153. The summed E-state index contributed by atoms with van der Waals surface area (Å²) in [6.07, 6.45) is 3.49. The molecule has 88 valence electrons. The maximum absolute atomic E-state index is 6.19. The Labute approximate surface area is 109 Å². The molecule has 0 saturated carbocycles. The molecule has 4 heteroatoms. The Morgan fingerprint density at radius 2 is 1.88 bits per heavy atom. The van der Waals surface area contributed by atoms with Crippen molar-refractivity contribution < 1.29 is 4.74 Å². The number of nitrogens with two attached hydrogens (primary N) is 1. The Bertz CT molecular complexity index is 502. The van der Waals surface area contributed by atoms with Gasteiger partial charge in [-0.05, 0) is 51.3 Å². The molecule has 3 nitrogen and oxygen atoms in total. The first-order chi connectivity index (χ1) is 8.22. The molecule has 2 rings (SSSR count). The number of hydrogen-bond acceptors (Lipinski definition) is 3. The molecule has 1 atom stereocenters. The smallest absolute Gasteiger partial charge is 0.133 e. The zero-order chi connectivity index (χ0) is 12.3. The van der Waals surface area contributed by atoms with Gasteiger partial charge >= 0.3 is 0 Å². The maximum atomic E-state index is 6.19. The highest BCUT2D eigenvalue weighted by Crippen LogP contribution is 2.29. The third-order valence-electron chi connectivity index (χ3n) is 2.60. The van der Waals surface area contributed by atoms with Crippen molar-refractivity contribution in [3.05, 3.63) is 58.3 Å². The number of rotatable bonds is 3. The van der Waals surface area contributed by atoms with Crippen LogP contribution in [0.1, 0.15) is 17.2 Å². The summed E-state index contributed by atoms with van der Waals surface area (Å²) in [5.74, 6) is 0.802. The molecule has 1 aromatic heterocycles.